The van der Waals surface area contributed by atoms with E-state index in [0.717, 1.165) is 18.6 Å². The SMILES string of the molecule is CCCCCCCC=CCCCCCSCC(=O)NCCOC(=O)c1ccccc1O. The fourth-order valence-corrected chi connectivity index (χ4v) is 3.86. The number of ether oxygens (including phenoxy) is 1. The highest BCUT2D eigenvalue weighted by atomic mass is 32.2. The summed E-state index contributed by atoms with van der Waals surface area (Å²) in [4.78, 5) is 23.6. The molecule has 0 fully saturated rings. The van der Waals surface area contributed by atoms with E-state index in [1.165, 1.54) is 63.5 Å². The van der Waals surface area contributed by atoms with Crippen molar-refractivity contribution >= 4 is 23.6 Å². The van der Waals surface area contributed by atoms with Gasteiger partial charge in [-0.05, 0) is 50.0 Å². The Morgan fingerprint density at radius 3 is 2.39 bits per heavy atom. The summed E-state index contributed by atoms with van der Waals surface area (Å²) in [6.07, 6.45) is 17.2. The van der Waals surface area contributed by atoms with Crippen LogP contribution >= 0.6 is 11.8 Å². The van der Waals surface area contributed by atoms with Gasteiger partial charge in [0.05, 0.1) is 12.3 Å². The summed E-state index contributed by atoms with van der Waals surface area (Å²) >= 11 is 1.63. The van der Waals surface area contributed by atoms with Crippen LogP contribution in [-0.4, -0.2) is 41.6 Å². The largest absolute Gasteiger partial charge is 0.507 e. The van der Waals surface area contributed by atoms with Gasteiger partial charge in [-0.25, -0.2) is 4.79 Å². The number of phenolic OH excluding ortho intramolecular Hbond substituents is 1. The van der Waals surface area contributed by atoms with Crippen LogP contribution in [0.15, 0.2) is 36.4 Å². The molecule has 1 aromatic rings. The van der Waals surface area contributed by atoms with E-state index in [2.05, 4.69) is 24.4 Å². The maximum absolute atomic E-state index is 11.8. The second-order valence-electron chi connectivity index (χ2n) is 7.58. The second-order valence-corrected chi connectivity index (χ2v) is 8.68. The number of thioether (sulfide) groups is 1. The van der Waals surface area contributed by atoms with Crippen LogP contribution in [0.25, 0.3) is 0 Å². The number of carbonyl (C=O) groups excluding carboxylic acids is 2. The fraction of sp³-hybridized carbons (Fsp3) is 0.600. The number of allylic oxidation sites excluding steroid dienone is 2. The van der Waals surface area contributed by atoms with E-state index >= 15 is 0 Å². The molecule has 0 radical (unpaired) electrons. The number of nitrogens with one attached hydrogen (secondary N) is 1. The van der Waals surface area contributed by atoms with Crippen molar-refractivity contribution in [3.8, 4) is 5.75 Å². The van der Waals surface area contributed by atoms with Crippen molar-refractivity contribution in [3.05, 3.63) is 42.0 Å². The second kappa shape index (κ2) is 18.8. The van der Waals surface area contributed by atoms with Gasteiger partial charge in [0.2, 0.25) is 5.91 Å². The van der Waals surface area contributed by atoms with Crippen LogP contribution < -0.4 is 5.32 Å². The minimum atomic E-state index is -0.594. The summed E-state index contributed by atoms with van der Waals surface area (Å²) in [5.74, 6) is 0.651. The highest BCUT2D eigenvalue weighted by Crippen LogP contribution is 2.16. The van der Waals surface area contributed by atoms with Gasteiger partial charge < -0.3 is 15.2 Å². The average molecular weight is 450 g/mol. The first-order valence-electron chi connectivity index (χ1n) is 11.6. The number of para-hydroxylation sites is 1. The highest BCUT2D eigenvalue weighted by molar-refractivity contribution is 7.99. The standard InChI is InChI=1S/C25H39NO4S/c1-2-3-4-5-6-7-8-9-10-11-12-15-20-31-21-24(28)26-18-19-30-25(29)22-16-13-14-17-23(22)27/h8-9,13-14,16-17,27H,2-7,10-12,15,18-21H2,1H3,(H,26,28). The Bertz CT molecular complexity index is 648. The van der Waals surface area contributed by atoms with Crippen LogP contribution in [0.3, 0.4) is 0 Å². The lowest BCUT2D eigenvalue weighted by atomic mass is 10.1. The van der Waals surface area contributed by atoms with Gasteiger partial charge in [-0.2, -0.15) is 11.8 Å². The Morgan fingerprint density at radius 2 is 1.68 bits per heavy atom. The number of hydrogen-bond donors (Lipinski definition) is 2. The number of aromatic hydroxyl groups is 1. The molecule has 0 spiro atoms. The van der Waals surface area contributed by atoms with Crippen LogP contribution in [0, 0.1) is 0 Å². The predicted octanol–water partition coefficient (Wildman–Crippen LogP) is 5.88. The van der Waals surface area contributed by atoms with Crippen molar-refractivity contribution in [2.75, 3.05) is 24.7 Å². The normalized spacial score (nSPS) is 11.0. The molecule has 0 atom stereocenters. The minimum Gasteiger partial charge on any atom is -0.507 e. The molecule has 1 aromatic carbocycles. The third kappa shape index (κ3) is 14.6. The number of rotatable bonds is 18. The van der Waals surface area contributed by atoms with Crippen molar-refractivity contribution in [1.82, 2.24) is 5.32 Å². The predicted molar refractivity (Wildman–Crippen MR) is 130 cm³/mol. The molecule has 2 N–H and O–H groups in total. The van der Waals surface area contributed by atoms with E-state index in [9.17, 15) is 14.7 Å². The summed E-state index contributed by atoms with van der Waals surface area (Å²) in [6, 6.07) is 6.22. The summed E-state index contributed by atoms with van der Waals surface area (Å²) in [5, 5.41) is 12.3. The Hall–Kier alpha value is -1.95. The van der Waals surface area contributed by atoms with Gasteiger partial charge in [-0.1, -0.05) is 63.3 Å². The van der Waals surface area contributed by atoms with Crippen molar-refractivity contribution in [2.24, 2.45) is 0 Å². The third-order valence-electron chi connectivity index (χ3n) is 4.81. The molecule has 0 unspecified atom stereocenters. The molecule has 174 valence electrons. The van der Waals surface area contributed by atoms with Crippen LogP contribution in [-0.2, 0) is 9.53 Å². The van der Waals surface area contributed by atoms with E-state index in [1.807, 2.05) is 0 Å². The first-order valence-corrected chi connectivity index (χ1v) is 12.7. The van der Waals surface area contributed by atoms with E-state index in [0.29, 0.717) is 5.75 Å². The summed E-state index contributed by atoms with van der Waals surface area (Å²) in [7, 11) is 0. The number of benzene rings is 1. The molecule has 0 aliphatic heterocycles. The number of amides is 1. The number of phenols is 1. The average Bonchev–Trinajstić information content (AvgIpc) is 2.77. The summed E-state index contributed by atoms with van der Waals surface area (Å²) in [5.41, 5.74) is 0.127. The fourth-order valence-electron chi connectivity index (χ4n) is 3.02. The zero-order valence-electron chi connectivity index (χ0n) is 18.9. The molecule has 5 nitrogen and oxygen atoms in total. The highest BCUT2D eigenvalue weighted by Gasteiger charge is 2.11. The quantitative estimate of drug-likeness (QED) is 0.166. The van der Waals surface area contributed by atoms with Gasteiger partial charge in [-0.15, -0.1) is 0 Å². The molecule has 1 rings (SSSR count). The van der Waals surface area contributed by atoms with E-state index in [4.69, 9.17) is 4.74 Å². The van der Waals surface area contributed by atoms with Crippen LogP contribution in [0.5, 0.6) is 5.75 Å². The van der Waals surface area contributed by atoms with Gasteiger partial charge in [0.15, 0.2) is 0 Å². The van der Waals surface area contributed by atoms with Crippen molar-refractivity contribution in [3.63, 3.8) is 0 Å². The van der Waals surface area contributed by atoms with E-state index < -0.39 is 5.97 Å². The number of unbranched alkanes of at least 4 members (excludes halogenated alkanes) is 8. The Kier molecular flexibility index (Phi) is 16.4. The zero-order valence-corrected chi connectivity index (χ0v) is 19.8. The molecule has 1 amide bonds. The summed E-state index contributed by atoms with van der Waals surface area (Å²) in [6.45, 7) is 2.59. The maximum atomic E-state index is 11.8. The summed E-state index contributed by atoms with van der Waals surface area (Å²) < 4.78 is 5.06. The number of carbonyl (C=O) groups is 2. The Balaban J connectivity index is 1.89. The lowest BCUT2D eigenvalue weighted by Crippen LogP contribution is -2.29. The molecule has 0 aromatic heterocycles. The van der Waals surface area contributed by atoms with Crippen LogP contribution in [0.2, 0.25) is 0 Å². The minimum absolute atomic E-state index is 0.0505. The third-order valence-corrected chi connectivity index (χ3v) is 5.86. The molecule has 0 bridgehead atoms. The van der Waals surface area contributed by atoms with Gasteiger partial charge in [0.1, 0.15) is 17.9 Å². The van der Waals surface area contributed by atoms with Crippen molar-refractivity contribution < 1.29 is 19.4 Å². The smallest absolute Gasteiger partial charge is 0.341 e. The molecular formula is C25H39NO4S. The van der Waals surface area contributed by atoms with Gasteiger partial charge in [0, 0.05) is 0 Å². The topological polar surface area (TPSA) is 75.6 Å². The molecule has 0 heterocycles. The van der Waals surface area contributed by atoms with Crippen LogP contribution in [0.4, 0.5) is 0 Å². The Morgan fingerprint density at radius 1 is 1.00 bits per heavy atom. The molecule has 31 heavy (non-hydrogen) atoms. The molecule has 6 heteroatoms. The molecule has 0 saturated heterocycles. The monoisotopic (exact) mass is 449 g/mol. The maximum Gasteiger partial charge on any atom is 0.341 e. The van der Waals surface area contributed by atoms with E-state index in [-0.39, 0.29) is 30.4 Å². The van der Waals surface area contributed by atoms with Gasteiger partial charge in [0.25, 0.3) is 0 Å². The molecule has 0 saturated carbocycles. The Labute approximate surface area is 192 Å². The lowest BCUT2D eigenvalue weighted by Gasteiger charge is -2.07. The van der Waals surface area contributed by atoms with E-state index in [1.54, 1.807) is 23.9 Å². The molecule has 0 aliphatic rings. The first kappa shape index (κ1) is 27.1. The van der Waals surface area contributed by atoms with Crippen molar-refractivity contribution in [2.45, 2.75) is 71.1 Å². The number of esters is 1. The molecular weight excluding hydrogens is 410 g/mol. The lowest BCUT2D eigenvalue weighted by molar-refractivity contribution is -0.118. The van der Waals surface area contributed by atoms with Crippen LogP contribution in [0.1, 0.15) is 81.5 Å². The van der Waals surface area contributed by atoms with Gasteiger partial charge in [-0.3, -0.25) is 4.79 Å². The van der Waals surface area contributed by atoms with Gasteiger partial charge >= 0.3 is 5.97 Å². The first-order chi connectivity index (χ1) is 15.1. The zero-order chi connectivity index (χ0) is 22.6. The van der Waals surface area contributed by atoms with Crippen molar-refractivity contribution in [1.29, 1.82) is 0 Å². The molecule has 0 aliphatic carbocycles. The number of hydrogen-bond acceptors (Lipinski definition) is 5.